The van der Waals surface area contributed by atoms with Gasteiger partial charge in [-0.1, -0.05) is 18.6 Å². The zero-order valence-electron chi connectivity index (χ0n) is 16.8. The van der Waals surface area contributed by atoms with Gasteiger partial charge in [-0.2, -0.15) is 0 Å². The Balaban J connectivity index is 1.54. The third kappa shape index (κ3) is 3.10. The summed E-state index contributed by atoms with van der Waals surface area (Å²) in [6.07, 6.45) is 4.97. The average Bonchev–Trinajstić information content (AvgIpc) is 3.46. The van der Waals surface area contributed by atoms with Gasteiger partial charge in [0.25, 0.3) is 10.0 Å². The SMILES string of the molecule is COc1ccccc1S(=O)(=O)Nc1cc(NCC2CC2)c2c(c1)C1(CCC1)C(=O)N2. The molecule has 7 nitrogen and oxygen atoms in total. The average molecular weight is 428 g/mol. The van der Waals surface area contributed by atoms with Crippen molar-refractivity contribution in [2.45, 2.75) is 42.4 Å². The number of para-hydroxylation sites is 1. The first-order valence-corrected chi connectivity index (χ1v) is 11.8. The van der Waals surface area contributed by atoms with Gasteiger partial charge in [0.05, 0.1) is 29.6 Å². The van der Waals surface area contributed by atoms with Crippen LogP contribution in [0.4, 0.5) is 17.1 Å². The van der Waals surface area contributed by atoms with E-state index in [0.717, 1.165) is 42.7 Å². The van der Waals surface area contributed by atoms with Crippen LogP contribution in [0.1, 0.15) is 37.7 Å². The van der Waals surface area contributed by atoms with Crippen LogP contribution in [0, 0.1) is 5.92 Å². The van der Waals surface area contributed by atoms with Gasteiger partial charge in [-0.15, -0.1) is 0 Å². The monoisotopic (exact) mass is 427 g/mol. The van der Waals surface area contributed by atoms with Crippen molar-refractivity contribution < 1.29 is 17.9 Å². The van der Waals surface area contributed by atoms with E-state index in [-0.39, 0.29) is 16.6 Å². The van der Waals surface area contributed by atoms with E-state index in [0.29, 0.717) is 11.6 Å². The predicted molar refractivity (Wildman–Crippen MR) is 116 cm³/mol. The van der Waals surface area contributed by atoms with E-state index in [1.54, 1.807) is 24.3 Å². The molecule has 2 aromatic carbocycles. The lowest BCUT2D eigenvalue weighted by Gasteiger charge is -2.36. The number of benzene rings is 2. The number of nitrogens with one attached hydrogen (secondary N) is 3. The molecule has 1 heterocycles. The summed E-state index contributed by atoms with van der Waals surface area (Å²) >= 11 is 0. The highest BCUT2D eigenvalue weighted by Crippen LogP contribution is 2.54. The van der Waals surface area contributed by atoms with Crippen molar-refractivity contribution in [3.8, 4) is 5.75 Å². The Labute approximate surface area is 176 Å². The van der Waals surface area contributed by atoms with Crippen LogP contribution in [0.3, 0.4) is 0 Å². The zero-order chi connectivity index (χ0) is 20.9. The van der Waals surface area contributed by atoms with Gasteiger partial charge in [-0.25, -0.2) is 8.42 Å². The Hall–Kier alpha value is -2.74. The minimum absolute atomic E-state index is 0.0166. The maximum Gasteiger partial charge on any atom is 0.265 e. The maximum absolute atomic E-state index is 13.1. The van der Waals surface area contributed by atoms with Crippen molar-refractivity contribution in [1.29, 1.82) is 0 Å². The van der Waals surface area contributed by atoms with E-state index >= 15 is 0 Å². The van der Waals surface area contributed by atoms with E-state index in [9.17, 15) is 13.2 Å². The highest BCUT2D eigenvalue weighted by Gasteiger charge is 2.52. The molecular weight excluding hydrogens is 402 g/mol. The second kappa shape index (κ2) is 6.91. The summed E-state index contributed by atoms with van der Waals surface area (Å²) in [5.41, 5.74) is 2.37. The second-order valence-corrected chi connectivity index (χ2v) is 10.1. The van der Waals surface area contributed by atoms with Crippen LogP contribution in [0.5, 0.6) is 5.75 Å². The van der Waals surface area contributed by atoms with Gasteiger partial charge in [-0.3, -0.25) is 9.52 Å². The number of carbonyl (C=O) groups excluding carboxylic acids is 1. The molecule has 5 rings (SSSR count). The lowest BCUT2D eigenvalue weighted by atomic mass is 9.65. The number of carbonyl (C=O) groups is 1. The Kier molecular flexibility index (Phi) is 4.43. The molecule has 0 radical (unpaired) electrons. The number of hydrogen-bond acceptors (Lipinski definition) is 5. The highest BCUT2D eigenvalue weighted by atomic mass is 32.2. The lowest BCUT2D eigenvalue weighted by molar-refractivity contribution is -0.123. The van der Waals surface area contributed by atoms with Gasteiger partial charge in [0.2, 0.25) is 5.91 Å². The Morgan fingerprint density at radius 1 is 1.20 bits per heavy atom. The Bertz CT molecular complexity index is 1120. The molecule has 3 aliphatic rings. The molecule has 0 atom stereocenters. The number of sulfonamides is 1. The molecule has 2 aliphatic carbocycles. The van der Waals surface area contributed by atoms with Gasteiger partial charge < -0.3 is 15.4 Å². The summed E-state index contributed by atoms with van der Waals surface area (Å²) in [6, 6.07) is 10.1. The van der Waals surface area contributed by atoms with Gasteiger partial charge in [0.15, 0.2) is 0 Å². The van der Waals surface area contributed by atoms with E-state index < -0.39 is 15.4 Å². The van der Waals surface area contributed by atoms with Crippen molar-refractivity contribution in [3.63, 3.8) is 0 Å². The topological polar surface area (TPSA) is 96.5 Å². The molecule has 3 N–H and O–H groups in total. The fraction of sp³-hybridized carbons (Fsp3) is 0.409. The molecule has 30 heavy (non-hydrogen) atoms. The molecule has 8 heteroatoms. The van der Waals surface area contributed by atoms with E-state index in [4.69, 9.17) is 4.74 Å². The van der Waals surface area contributed by atoms with Gasteiger partial charge in [0, 0.05) is 6.54 Å². The highest BCUT2D eigenvalue weighted by molar-refractivity contribution is 7.92. The van der Waals surface area contributed by atoms with Gasteiger partial charge >= 0.3 is 0 Å². The van der Waals surface area contributed by atoms with Crippen LogP contribution in [0.2, 0.25) is 0 Å². The lowest BCUT2D eigenvalue weighted by Crippen LogP contribution is -2.40. The molecule has 1 spiro atoms. The normalized spacial score (nSPS) is 19.0. The summed E-state index contributed by atoms with van der Waals surface area (Å²) in [5.74, 6) is 0.942. The molecule has 1 aliphatic heterocycles. The van der Waals surface area contributed by atoms with Crippen LogP contribution in [0.25, 0.3) is 0 Å². The third-order valence-electron chi connectivity index (χ3n) is 6.42. The standard InChI is InChI=1S/C22H25N3O4S/c1-29-18-5-2-3-6-19(18)30(27,28)25-15-11-16-20(17(12-15)23-13-14-7-8-14)24-21(26)22(16)9-4-10-22/h2-3,5-6,11-12,14,23,25H,4,7-10,13H2,1H3,(H,24,26). The van der Waals surface area contributed by atoms with Crippen LogP contribution < -0.4 is 20.1 Å². The number of methoxy groups -OCH3 is 1. The first-order valence-electron chi connectivity index (χ1n) is 10.3. The molecule has 0 saturated heterocycles. The van der Waals surface area contributed by atoms with E-state index in [2.05, 4.69) is 15.4 Å². The number of rotatable bonds is 7. The molecule has 0 aromatic heterocycles. The summed E-state index contributed by atoms with van der Waals surface area (Å²) < 4.78 is 34.1. The fourth-order valence-electron chi connectivity index (χ4n) is 4.36. The molecule has 158 valence electrons. The van der Waals surface area contributed by atoms with Crippen LogP contribution >= 0.6 is 0 Å². The molecule has 0 bridgehead atoms. The quantitative estimate of drug-likeness (QED) is 0.626. The van der Waals surface area contributed by atoms with Crippen molar-refractivity contribution in [1.82, 2.24) is 0 Å². The second-order valence-electron chi connectivity index (χ2n) is 8.42. The fourth-order valence-corrected chi connectivity index (χ4v) is 5.57. The minimum atomic E-state index is -3.86. The van der Waals surface area contributed by atoms with Crippen LogP contribution in [0.15, 0.2) is 41.3 Å². The summed E-state index contributed by atoms with van der Waals surface area (Å²) in [6.45, 7) is 0.817. The van der Waals surface area contributed by atoms with Crippen molar-refractivity contribution in [2.75, 3.05) is 29.0 Å². The summed E-state index contributed by atoms with van der Waals surface area (Å²) in [4.78, 5) is 12.8. The minimum Gasteiger partial charge on any atom is -0.495 e. The molecule has 2 aromatic rings. The van der Waals surface area contributed by atoms with Crippen molar-refractivity contribution >= 4 is 33.0 Å². The summed E-state index contributed by atoms with van der Waals surface area (Å²) in [7, 11) is -2.41. The predicted octanol–water partition coefficient (Wildman–Crippen LogP) is 3.69. The maximum atomic E-state index is 13.1. The molecule has 2 fully saturated rings. The Morgan fingerprint density at radius 2 is 1.97 bits per heavy atom. The zero-order valence-corrected chi connectivity index (χ0v) is 17.6. The molecule has 0 unspecified atom stereocenters. The summed E-state index contributed by atoms with van der Waals surface area (Å²) in [5, 5.41) is 6.47. The Morgan fingerprint density at radius 3 is 2.63 bits per heavy atom. The van der Waals surface area contributed by atoms with Crippen LogP contribution in [-0.2, 0) is 20.2 Å². The molecule has 1 amide bonds. The van der Waals surface area contributed by atoms with E-state index in [1.807, 2.05) is 6.07 Å². The van der Waals surface area contributed by atoms with Crippen molar-refractivity contribution in [2.24, 2.45) is 5.92 Å². The number of anilines is 3. The van der Waals surface area contributed by atoms with Gasteiger partial charge in [0.1, 0.15) is 10.6 Å². The van der Waals surface area contributed by atoms with Gasteiger partial charge in [-0.05, 0) is 61.4 Å². The molecular formula is C22H25N3O4S. The molecule has 2 saturated carbocycles. The number of hydrogen-bond donors (Lipinski definition) is 3. The smallest absolute Gasteiger partial charge is 0.265 e. The van der Waals surface area contributed by atoms with Crippen LogP contribution in [-0.4, -0.2) is 28.0 Å². The first kappa shape index (κ1) is 19.2. The number of fused-ring (bicyclic) bond motifs is 2. The number of ether oxygens (including phenoxy) is 1. The number of amides is 1. The van der Waals surface area contributed by atoms with E-state index in [1.165, 1.54) is 26.0 Å². The third-order valence-corrected chi connectivity index (χ3v) is 7.84. The largest absolute Gasteiger partial charge is 0.495 e. The van der Waals surface area contributed by atoms with Crippen molar-refractivity contribution in [3.05, 3.63) is 42.0 Å². The first-order chi connectivity index (χ1) is 14.4.